The maximum absolute atomic E-state index is 4.12. The number of anilines is 1. The highest BCUT2D eigenvalue weighted by Crippen LogP contribution is 2.15. The van der Waals surface area contributed by atoms with Crippen LogP contribution in [0.3, 0.4) is 0 Å². The van der Waals surface area contributed by atoms with E-state index in [2.05, 4.69) is 32.4 Å². The number of hydrogen-bond donors (Lipinski definition) is 2. The van der Waals surface area contributed by atoms with Crippen molar-refractivity contribution in [3.63, 3.8) is 0 Å². The van der Waals surface area contributed by atoms with E-state index in [0.717, 1.165) is 28.1 Å². The molecule has 2 aromatic heterocycles. The molecule has 0 aliphatic rings. The van der Waals surface area contributed by atoms with E-state index in [4.69, 9.17) is 0 Å². The predicted molar refractivity (Wildman–Crippen MR) is 59.9 cm³/mol. The van der Waals surface area contributed by atoms with Crippen LogP contribution in [0.15, 0.2) is 6.20 Å². The molecule has 0 amide bonds. The van der Waals surface area contributed by atoms with Crippen LogP contribution in [-0.4, -0.2) is 20.2 Å². The maximum atomic E-state index is 4.12. The molecular weight excluding hydrogens is 210 g/mol. The van der Waals surface area contributed by atoms with Gasteiger partial charge in [-0.25, -0.2) is 4.98 Å². The number of H-pyrrole nitrogens is 1. The highest BCUT2D eigenvalue weighted by molar-refractivity contribution is 7.15. The third-order valence-corrected chi connectivity index (χ3v) is 2.98. The van der Waals surface area contributed by atoms with Crippen LogP contribution < -0.4 is 5.32 Å². The molecule has 2 rings (SSSR count). The molecule has 0 radical (unpaired) electrons. The van der Waals surface area contributed by atoms with E-state index < -0.39 is 0 Å². The SMILES string of the molecule is CCc1nnc(NCc2cnc(C)[nH]2)s1. The summed E-state index contributed by atoms with van der Waals surface area (Å²) in [6, 6.07) is 0. The third-order valence-electron chi connectivity index (χ3n) is 1.95. The molecule has 6 heteroatoms. The molecule has 0 fully saturated rings. The molecule has 0 unspecified atom stereocenters. The van der Waals surface area contributed by atoms with Gasteiger partial charge in [0.1, 0.15) is 10.8 Å². The quantitative estimate of drug-likeness (QED) is 0.828. The van der Waals surface area contributed by atoms with E-state index in [1.54, 1.807) is 11.3 Å². The van der Waals surface area contributed by atoms with Crippen LogP contribution in [0.4, 0.5) is 5.13 Å². The first-order valence-electron chi connectivity index (χ1n) is 4.84. The summed E-state index contributed by atoms with van der Waals surface area (Å²) >= 11 is 1.59. The van der Waals surface area contributed by atoms with Crippen LogP contribution >= 0.6 is 11.3 Å². The van der Waals surface area contributed by atoms with Crippen molar-refractivity contribution in [2.75, 3.05) is 5.32 Å². The first-order valence-corrected chi connectivity index (χ1v) is 5.66. The van der Waals surface area contributed by atoms with Gasteiger partial charge in [0.25, 0.3) is 0 Å². The summed E-state index contributed by atoms with van der Waals surface area (Å²) in [5.74, 6) is 0.929. The van der Waals surface area contributed by atoms with Gasteiger partial charge in [-0.1, -0.05) is 18.3 Å². The topological polar surface area (TPSA) is 66.5 Å². The van der Waals surface area contributed by atoms with Gasteiger partial charge in [-0.05, 0) is 13.3 Å². The molecule has 2 heterocycles. The Hall–Kier alpha value is -1.43. The lowest BCUT2D eigenvalue weighted by Gasteiger charge is -1.97. The van der Waals surface area contributed by atoms with Gasteiger partial charge in [0, 0.05) is 0 Å². The Bertz CT molecular complexity index is 433. The molecule has 2 aromatic rings. The summed E-state index contributed by atoms with van der Waals surface area (Å²) in [5, 5.41) is 13.2. The molecule has 0 spiro atoms. The van der Waals surface area contributed by atoms with E-state index >= 15 is 0 Å². The average molecular weight is 223 g/mol. The zero-order chi connectivity index (χ0) is 10.7. The van der Waals surface area contributed by atoms with Crippen LogP contribution in [0, 0.1) is 6.92 Å². The molecule has 0 aliphatic carbocycles. The Morgan fingerprint density at radius 1 is 1.47 bits per heavy atom. The van der Waals surface area contributed by atoms with E-state index in [-0.39, 0.29) is 0 Å². The molecular formula is C9H13N5S. The Morgan fingerprint density at radius 2 is 2.33 bits per heavy atom. The minimum absolute atomic E-state index is 0.708. The summed E-state index contributed by atoms with van der Waals surface area (Å²) in [4.78, 5) is 7.27. The lowest BCUT2D eigenvalue weighted by atomic mass is 10.5. The standard InChI is InChI=1S/C9H13N5S/c1-3-8-13-14-9(15-8)11-5-7-4-10-6(2)12-7/h4H,3,5H2,1-2H3,(H,10,12)(H,11,14). The maximum Gasteiger partial charge on any atom is 0.205 e. The second-order valence-corrected chi connectivity index (χ2v) is 4.26. The molecule has 5 nitrogen and oxygen atoms in total. The molecule has 80 valence electrons. The van der Waals surface area contributed by atoms with Crippen LogP contribution in [0.2, 0.25) is 0 Å². The van der Waals surface area contributed by atoms with Crippen LogP contribution in [0.5, 0.6) is 0 Å². The van der Waals surface area contributed by atoms with Gasteiger partial charge in [-0.15, -0.1) is 10.2 Å². The largest absolute Gasteiger partial charge is 0.354 e. The monoisotopic (exact) mass is 223 g/mol. The molecule has 2 N–H and O–H groups in total. The van der Waals surface area contributed by atoms with Crippen molar-refractivity contribution in [2.24, 2.45) is 0 Å². The van der Waals surface area contributed by atoms with Gasteiger partial charge in [0.15, 0.2) is 0 Å². The second-order valence-electron chi connectivity index (χ2n) is 3.20. The lowest BCUT2D eigenvalue weighted by molar-refractivity contribution is 0.969. The summed E-state index contributed by atoms with van der Waals surface area (Å²) in [7, 11) is 0. The normalized spacial score (nSPS) is 10.5. The number of hydrogen-bond acceptors (Lipinski definition) is 5. The molecule has 0 saturated heterocycles. The first-order chi connectivity index (χ1) is 7.28. The fourth-order valence-corrected chi connectivity index (χ4v) is 1.88. The minimum atomic E-state index is 0.708. The van der Waals surface area contributed by atoms with Crippen molar-refractivity contribution >= 4 is 16.5 Å². The van der Waals surface area contributed by atoms with E-state index in [0.29, 0.717) is 6.54 Å². The highest BCUT2D eigenvalue weighted by Gasteiger charge is 2.02. The van der Waals surface area contributed by atoms with Gasteiger partial charge in [0.2, 0.25) is 5.13 Å². The van der Waals surface area contributed by atoms with Gasteiger partial charge in [-0.3, -0.25) is 0 Å². The van der Waals surface area contributed by atoms with Crippen molar-refractivity contribution in [3.05, 3.63) is 22.7 Å². The van der Waals surface area contributed by atoms with Gasteiger partial charge in [0.05, 0.1) is 18.4 Å². The van der Waals surface area contributed by atoms with Crippen molar-refractivity contribution in [3.8, 4) is 0 Å². The van der Waals surface area contributed by atoms with Crippen LogP contribution in [-0.2, 0) is 13.0 Å². The Kier molecular flexibility index (Phi) is 2.96. The Morgan fingerprint density at radius 3 is 2.93 bits per heavy atom. The second kappa shape index (κ2) is 4.39. The highest BCUT2D eigenvalue weighted by atomic mass is 32.1. The molecule has 0 aliphatic heterocycles. The van der Waals surface area contributed by atoms with Gasteiger partial charge >= 0.3 is 0 Å². The number of aromatic amines is 1. The number of nitrogens with zero attached hydrogens (tertiary/aromatic N) is 3. The van der Waals surface area contributed by atoms with Crippen LogP contribution in [0.1, 0.15) is 23.4 Å². The fraction of sp³-hybridized carbons (Fsp3) is 0.444. The zero-order valence-corrected chi connectivity index (χ0v) is 9.56. The predicted octanol–water partition coefficient (Wildman–Crippen LogP) is 1.74. The van der Waals surface area contributed by atoms with E-state index in [9.17, 15) is 0 Å². The van der Waals surface area contributed by atoms with Gasteiger partial charge in [-0.2, -0.15) is 0 Å². The fourth-order valence-electron chi connectivity index (χ4n) is 1.20. The van der Waals surface area contributed by atoms with Crippen molar-refractivity contribution < 1.29 is 0 Å². The average Bonchev–Trinajstić information content (AvgIpc) is 2.83. The molecule has 0 atom stereocenters. The van der Waals surface area contributed by atoms with Crippen molar-refractivity contribution in [1.29, 1.82) is 0 Å². The van der Waals surface area contributed by atoms with Crippen molar-refractivity contribution in [2.45, 2.75) is 26.8 Å². The minimum Gasteiger partial charge on any atom is -0.354 e. The molecule has 0 bridgehead atoms. The smallest absolute Gasteiger partial charge is 0.205 e. The Balaban J connectivity index is 1.93. The lowest BCUT2D eigenvalue weighted by Crippen LogP contribution is -1.99. The third kappa shape index (κ3) is 2.53. The zero-order valence-electron chi connectivity index (χ0n) is 8.74. The summed E-state index contributed by atoms with van der Waals surface area (Å²) in [6.45, 7) is 4.71. The van der Waals surface area contributed by atoms with E-state index in [1.165, 1.54) is 0 Å². The van der Waals surface area contributed by atoms with Crippen molar-refractivity contribution in [1.82, 2.24) is 20.2 Å². The number of aromatic nitrogens is 4. The first kappa shape index (κ1) is 10.1. The number of imidazole rings is 1. The number of nitrogens with one attached hydrogen (secondary N) is 2. The summed E-state index contributed by atoms with van der Waals surface area (Å²) < 4.78 is 0. The number of rotatable bonds is 4. The van der Waals surface area contributed by atoms with E-state index in [1.807, 2.05) is 13.1 Å². The Labute approximate surface area is 92.0 Å². The molecule has 15 heavy (non-hydrogen) atoms. The number of aryl methyl sites for hydroxylation is 2. The molecule has 0 saturated carbocycles. The summed E-state index contributed by atoms with van der Waals surface area (Å²) in [5.41, 5.74) is 1.06. The van der Waals surface area contributed by atoms with Crippen LogP contribution in [0.25, 0.3) is 0 Å². The van der Waals surface area contributed by atoms with Gasteiger partial charge < -0.3 is 10.3 Å². The summed E-state index contributed by atoms with van der Waals surface area (Å²) in [6.07, 6.45) is 2.76. The molecule has 0 aromatic carbocycles.